The topological polar surface area (TPSA) is 97.6 Å². The van der Waals surface area contributed by atoms with E-state index in [-0.39, 0.29) is 24.3 Å². The van der Waals surface area contributed by atoms with Gasteiger partial charge in [-0.25, -0.2) is 9.79 Å². The van der Waals surface area contributed by atoms with Gasteiger partial charge >= 0.3 is 5.97 Å². The second-order valence-electron chi connectivity index (χ2n) is 9.86. The van der Waals surface area contributed by atoms with Gasteiger partial charge in [-0.1, -0.05) is 46.7 Å². The Kier molecular flexibility index (Phi) is 9.86. The molecule has 0 radical (unpaired) electrons. The van der Waals surface area contributed by atoms with Gasteiger partial charge in [0.25, 0.3) is 5.56 Å². The zero-order valence-corrected chi connectivity index (χ0v) is 27.5. The van der Waals surface area contributed by atoms with Gasteiger partial charge in [0.1, 0.15) is 24.1 Å². The molecular weight excluding hydrogens is 639 g/mol. The second kappa shape index (κ2) is 13.8. The molecule has 9 nitrogen and oxygen atoms in total. The van der Waals surface area contributed by atoms with Crippen LogP contribution in [0.3, 0.4) is 0 Å². The van der Waals surface area contributed by atoms with E-state index in [0.717, 1.165) is 5.56 Å². The van der Waals surface area contributed by atoms with Crippen molar-refractivity contribution >= 4 is 46.6 Å². The van der Waals surface area contributed by atoms with Crippen LogP contribution < -0.4 is 33.8 Å². The average Bonchev–Trinajstić information content (AvgIpc) is 3.34. The SMILES string of the molecule is CCOC(=O)C1=C(C)N=c2s/c(=C\c3ccc(OCc4ccc(Cl)c(Cl)c4)c(OC)c3)c(=O)n2[C@@H]1c1cc(OC)ccc1OC. The summed E-state index contributed by atoms with van der Waals surface area (Å²) in [6, 6.07) is 15.0. The van der Waals surface area contributed by atoms with Crippen molar-refractivity contribution in [1.29, 1.82) is 0 Å². The third-order valence-corrected chi connectivity index (χ3v) is 8.83. The second-order valence-corrected chi connectivity index (χ2v) is 11.7. The Bertz CT molecular complexity index is 1980. The molecule has 2 heterocycles. The summed E-state index contributed by atoms with van der Waals surface area (Å²) in [5.74, 6) is 1.45. The van der Waals surface area contributed by atoms with E-state index >= 15 is 0 Å². The molecule has 0 saturated carbocycles. The van der Waals surface area contributed by atoms with Crippen LogP contribution in [-0.2, 0) is 16.1 Å². The molecule has 0 aliphatic carbocycles. The third-order valence-electron chi connectivity index (χ3n) is 7.11. The molecule has 5 rings (SSSR count). The summed E-state index contributed by atoms with van der Waals surface area (Å²) in [6.07, 6.45) is 1.75. The van der Waals surface area contributed by atoms with Crippen molar-refractivity contribution in [2.45, 2.75) is 26.5 Å². The first-order chi connectivity index (χ1) is 21.7. The predicted molar refractivity (Wildman–Crippen MR) is 174 cm³/mol. The summed E-state index contributed by atoms with van der Waals surface area (Å²) < 4.78 is 30.0. The highest BCUT2D eigenvalue weighted by Crippen LogP contribution is 2.38. The minimum absolute atomic E-state index is 0.164. The molecule has 0 fully saturated rings. The zero-order chi connectivity index (χ0) is 32.2. The maximum atomic E-state index is 14.1. The number of hydrogen-bond acceptors (Lipinski definition) is 9. The fourth-order valence-corrected chi connectivity index (χ4v) is 6.34. The number of carbonyl (C=O) groups is 1. The highest BCUT2D eigenvalue weighted by Gasteiger charge is 2.35. The third kappa shape index (κ3) is 6.58. The van der Waals surface area contributed by atoms with Crippen LogP contribution in [0, 0.1) is 0 Å². The van der Waals surface area contributed by atoms with Crippen molar-refractivity contribution in [3.05, 3.63) is 112 Å². The van der Waals surface area contributed by atoms with Crippen LogP contribution in [0.2, 0.25) is 10.0 Å². The Hall–Kier alpha value is -4.25. The number of benzene rings is 3. The van der Waals surface area contributed by atoms with Crippen molar-refractivity contribution in [3.63, 3.8) is 0 Å². The minimum Gasteiger partial charge on any atom is -0.497 e. The van der Waals surface area contributed by atoms with Crippen LogP contribution in [0.1, 0.15) is 36.6 Å². The van der Waals surface area contributed by atoms with Gasteiger partial charge < -0.3 is 23.7 Å². The summed E-state index contributed by atoms with van der Waals surface area (Å²) >= 11 is 13.4. The number of allylic oxidation sites excluding steroid dienone is 1. The average molecular weight is 670 g/mol. The molecule has 1 aliphatic heterocycles. The number of ether oxygens (including phenoxy) is 5. The Morgan fingerprint density at radius 1 is 0.956 bits per heavy atom. The first kappa shape index (κ1) is 32.2. The lowest BCUT2D eigenvalue weighted by atomic mass is 9.94. The number of esters is 1. The highest BCUT2D eigenvalue weighted by atomic mass is 35.5. The molecule has 4 aromatic rings. The standard InChI is InChI=1S/C33H30Cl2N2O7S/c1-6-43-32(39)29-18(2)36-33-37(30(29)22-16-21(40-3)9-12-25(22)41-4)31(38)28(45-33)15-19-8-11-26(27(14-19)42-5)44-17-20-7-10-23(34)24(35)13-20/h7-16,30H,6,17H2,1-5H3/b28-15-/t30-/m1/s1. The predicted octanol–water partition coefficient (Wildman–Crippen LogP) is 5.71. The number of methoxy groups -OCH3 is 3. The summed E-state index contributed by atoms with van der Waals surface area (Å²) in [6.45, 7) is 3.87. The number of thiazole rings is 1. The van der Waals surface area contributed by atoms with Crippen LogP contribution in [0.15, 0.2) is 75.7 Å². The van der Waals surface area contributed by atoms with Crippen molar-refractivity contribution < 1.29 is 28.5 Å². The van der Waals surface area contributed by atoms with E-state index in [1.54, 1.807) is 76.6 Å². The Balaban J connectivity index is 1.58. The van der Waals surface area contributed by atoms with Crippen LogP contribution in [0.25, 0.3) is 6.08 Å². The number of carbonyl (C=O) groups excluding carboxylic acids is 1. The minimum atomic E-state index is -0.862. The lowest BCUT2D eigenvalue weighted by Crippen LogP contribution is -2.40. The molecule has 234 valence electrons. The molecule has 0 saturated heterocycles. The van der Waals surface area contributed by atoms with E-state index in [4.69, 9.17) is 46.9 Å². The molecule has 0 unspecified atom stereocenters. The molecule has 12 heteroatoms. The van der Waals surface area contributed by atoms with Crippen LogP contribution in [-0.4, -0.2) is 38.5 Å². The molecule has 1 aromatic heterocycles. The van der Waals surface area contributed by atoms with Gasteiger partial charge in [0.05, 0.1) is 53.8 Å². The number of halogens is 2. The van der Waals surface area contributed by atoms with E-state index in [2.05, 4.69) is 4.99 Å². The van der Waals surface area contributed by atoms with Gasteiger partial charge in [-0.15, -0.1) is 0 Å². The van der Waals surface area contributed by atoms with Crippen LogP contribution >= 0.6 is 34.5 Å². The molecule has 0 amide bonds. The Morgan fingerprint density at radius 2 is 1.71 bits per heavy atom. The molecule has 3 aromatic carbocycles. The van der Waals surface area contributed by atoms with Gasteiger partial charge in [-0.2, -0.15) is 0 Å². The largest absolute Gasteiger partial charge is 0.497 e. The molecule has 45 heavy (non-hydrogen) atoms. The molecule has 0 N–H and O–H groups in total. The van der Waals surface area contributed by atoms with Crippen molar-refractivity contribution in [3.8, 4) is 23.0 Å². The summed E-state index contributed by atoms with van der Waals surface area (Å²) in [7, 11) is 4.61. The van der Waals surface area contributed by atoms with Gasteiger partial charge in [0, 0.05) is 5.56 Å². The van der Waals surface area contributed by atoms with Crippen molar-refractivity contribution in [1.82, 2.24) is 4.57 Å². The highest BCUT2D eigenvalue weighted by molar-refractivity contribution is 7.07. The molecule has 1 aliphatic rings. The number of fused-ring (bicyclic) bond motifs is 1. The summed E-state index contributed by atoms with van der Waals surface area (Å²) in [5, 5.41) is 0.909. The van der Waals surface area contributed by atoms with Crippen molar-refractivity contribution in [2.24, 2.45) is 4.99 Å². The van der Waals surface area contributed by atoms with Crippen molar-refractivity contribution in [2.75, 3.05) is 27.9 Å². The lowest BCUT2D eigenvalue weighted by molar-refractivity contribution is -0.139. The molecule has 0 bridgehead atoms. The number of nitrogens with zero attached hydrogens (tertiary/aromatic N) is 2. The number of aromatic nitrogens is 1. The first-order valence-corrected chi connectivity index (χ1v) is 15.4. The van der Waals surface area contributed by atoms with E-state index < -0.39 is 12.0 Å². The normalized spacial score (nSPS) is 14.5. The summed E-state index contributed by atoms with van der Waals surface area (Å²) in [5.41, 5.74) is 2.47. The zero-order valence-electron chi connectivity index (χ0n) is 25.2. The van der Waals surface area contributed by atoms with Crippen LogP contribution in [0.4, 0.5) is 0 Å². The monoisotopic (exact) mass is 668 g/mol. The first-order valence-electron chi connectivity index (χ1n) is 13.8. The Morgan fingerprint density at radius 3 is 2.40 bits per heavy atom. The number of hydrogen-bond donors (Lipinski definition) is 0. The van der Waals surface area contributed by atoms with Gasteiger partial charge in [-0.05, 0) is 73.5 Å². The van der Waals surface area contributed by atoms with E-state index in [1.165, 1.54) is 23.0 Å². The fraction of sp³-hybridized carbons (Fsp3) is 0.242. The lowest BCUT2D eigenvalue weighted by Gasteiger charge is -2.26. The van der Waals surface area contributed by atoms with E-state index in [1.807, 2.05) is 12.1 Å². The maximum absolute atomic E-state index is 14.1. The number of rotatable bonds is 10. The molecule has 0 spiro atoms. The van der Waals surface area contributed by atoms with Crippen LogP contribution in [0.5, 0.6) is 23.0 Å². The van der Waals surface area contributed by atoms with E-state index in [9.17, 15) is 9.59 Å². The fourth-order valence-electron chi connectivity index (χ4n) is 4.97. The van der Waals surface area contributed by atoms with Gasteiger partial charge in [0.15, 0.2) is 16.3 Å². The molecule has 1 atom stereocenters. The van der Waals surface area contributed by atoms with Gasteiger partial charge in [0.2, 0.25) is 0 Å². The smallest absolute Gasteiger partial charge is 0.338 e. The quantitative estimate of drug-likeness (QED) is 0.200. The Labute approximate surface area is 273 Å². The maximum Gasteiger partial charge on any atom is 0.338 e. The van der Waals surface area contributed by atoms with E-state index in [0.29, 0.717) is 59.2 Å². The summed E-state index contributed by atoms with van der Waals surface area (Å²) in [4.78, 5) is 32.4. The van der Waals surface area contributed by atoms with Gasteiger partial charge in [-0.3, -0.25) is 9.36 Å². The molecular formula is C33H30Cl2N2O7S.